The number of carbonyl (C=O) groups is 1. The predicted octanol–water partition coefficient (Wildman–Crippen LogP) is 3.16. The van der Waals surface area contributed by atoms with Crippen molar-refractivity contribution in [1.29, 1.82) is 0 Å². The topological polar surface area (TPSA) is 67.7 Å². The Morgan fingerprint density at radius 1 is 1.00 bits per heavy atom. The number of fused-ring (bicyclic) bond motifs is 1. The van der Waals surface area contributed by atoms with Gasteiger partial charge in [0.15, 0.2) is 5.69 Å². The molecule has 1 aliphatic rings. The highest BCUT2D eigenvalue weighted by Crippen LogP contribution is 2.18. The maximum atomic E-state index is 13.5. The molecule has 3 aromatic rings. The number of methoxy groups -OCH3 is 1. The van der Waals surface area contributed by atoms with Gasteiger partial charge in [0.05, 0.1) is 12.5 Å². The molecule has 0 atom stereocenters. The SMILES string of the molecule is CCCn1nc(C(=O)N2CCCN(Cc3ccc(OC)cc3)CC2)c2ccccc2c1=O. The van der Waals surface area contributed by atoms with Crippen LogP contribution in [0.15, 0.2) is 53.3 Å². The van der Waals surface area contributed by atoms with E-state index in [1.807, 2.05) is 42.2 Å². The van der Waals surface area contributed by atoms with E-state index in [4.69, 9.17) is 4.74 Å². The lowest BCUT2D eigenvalue weighted by atomic mass is 10.1. The van der Waals surface area contributed by atoms with Crippen molar-refractivity contribution in [2.75, 3.05) is 33.3 Å². The third-order valence-electron chi connectivity index (χ3n) is 5.95. The van der Waals surface area contributed by atoms with Crippen LogP contribution in [0, 0.1) is 0 Å². The summed E-state index contributed by atoms with van der Waals surface area (Å²) in [7, 11) is 1.67. The average Bonchev–Trinajstić information content (AvgIpc) is 3.07. The maximum Gasteiger partial charge on any atom is 0.274 e. The number of hydrogen-bond acceptors (Lipinski definition) is 5. The van der Waals surface area contributed by atoms with Crippen LogP contribution in [0.4, 0.5) is 0 Å². The van der Waals surface area contributed by atoms with Crippen LogP contribution in [0.25, 0.3) is 10.8 Å². The molecular weight excluding hydrogens is 404 g/mol. The molecule has 0 aliphatic carbocycles. The first kappa shape index (κ1) is 22.0. The molecule has 0 radical (unpaired) electrons. The highest BCUT2D eigenvalue weighted by Gasteiger charge is 2.24. The number of rotatable bonds is 6. The van der Waals surface area contributed by atoms with E-state index in [0.717, 1.165) is 38.2 Å². The largest absolute Gasteiger partial charge is 0.497 e. The minimum atomic E-state index is -0.138. The second-order valence-corrected chi connectivity index (χ2v) is 8.19. The molecule has 32 heavy (non-hydrogen) atoms. The van der Waals surface area contributed by atoms with Crippen molar-refractivity contribution < 1.29 is 9.53 Å². The molecule has 7 heteroatoms. The van der Waals surface area contributed by atoms with E-state index < -0.39 is 0 Å². The Kier molecular flexibility index (Phi) is 6.85. The van der Waals surface area contributed by atoms with Crippen molar-refractivity contribution in [2.24, 2.45) is 0 Å². The zero-order valence-electron chi connectivity index (χ0n) is 18.8. The fourth-order valence-electron chi connectivity index (χ4n) is 4.23. The Balaban J connectivity index is 1.52. The van der Waals surface area contributed by atoms with Crippen LogP contribution in [-0.4, -0.2) is 58.8 Å². The van der Waals surface area contributed by atoms with Crippen LogP contribution in [0.2, 0.25) is 0 Å². The zero-order chi connectivity index (χ0) is 22.5. The maximum absolute atomic E-state index is 13.5. The summed E-state index contributed by atoms with van der Waals surface area (Å²) < 4.78 is 6.67. The number of aromatic nitrogens is 2. The van der Waals surface area contributed by atoms with Crippen LogP contribution in [0.5, 0.6) is 5.75 Å². The van der Waals surface area contributed by atoms with Gasteiger partial charge in [-0.15, -0.1) is 0 Å². The molecule has 1 amide bonds. The van der Waals surface area contributed by atoms with Gasteiger partial charge in [0.1, 0.15) is 5.75 Å². The first-order chi connectivity index (χ1) is 15.6. The number of benzene rings is 2. The minimum absolute atomic E-state index is 0.0997. The van der Waals surface area contributed by atoms with E-state index in [9.17, 15) is 9.59 Å². The Labute approximate surface area is 188 Å². The van der Waals surface area contributed by atoms with Crippen molar-refractivity contribution in [1.82, 2.24) is 19.6 Å². The molecule has 0 spiro atoms. The van der Waals surface area contributed by atoms with Crippen LogP contribution >= 0.6 is 0 Å². The molecule has 1 fully saturated rings. The van der Waals surface area contributed by atoms with Gasteiger partial charge in [-0.2, -0.15) is 5.10 Å². The predicted molar refractivity (Wildman–Crippen MR) is 125 cm³/mol. The van der Waals surface area contributed by atoms with Gasteiger partial charge in [-0.05, 0) is 36.6 Å². The molecule has 4 rings (SSSR count). The number of carbonyl (C=O) groups excluding carboxylic acids is 1. The third-order valence-corrected chi connectivity index (χ3v) is 5.95. The highest BCUT2D eigenvalue weighted by molar-refractivity contribution is 6.04. The lowest BCUT2D eigenvalue weighted by Gasteiger charge is -2.22. The molecular formula is C25H30N4O3. The lowest BCUT2D eigenvalue weighted by Crippen LogP contribution is -2.37. The molecule has 1 aliphatic heterocycles. The average molecular weight is 435 g/mol. The quantitative estimate of drug-likeness (QED) is 0.596. The van der Waals surface area contributed by atoms with Crippen LogP contribution in [0.1, 0.15) is 35.8 Å². The summed E-state index contributed by atoms with van der Waals surface area (Å²) in [6.07, 6.45) is 1.68. The van der Waals surface area contributed by atoms with Gasteiger partial charge in [0.25, 0.3) is 11.5 Å². The Morgan fingerprint density at radius 2 is 1.75 bits per heavy atom. The number of amides is 1. The summed E-state index contributed by atoms with van der Waals surface area (Å²) >= 11 is 0. The van der Waals surface area contributed by atoms with Gasteiger partial charge in [0, 0.05) is 44.7 Å². The molecule has 2 heterocycles. The minimum Gasteiger partial charge on any atom is -0.497 e. The van der Waals surface area contributed by atoms with Gasteiger partial charge < -0.3 is 9.64 Å². The van der Waals surface area contributed by atoms with E-state index in [1.54, 1.807) is 13.2 Å². The molecule has 0 N–H and O–H groups in total. The van der Waals surface area contributed by atoms with E-state index >= 15 is 0 Å². The summed E-state index contributed by atoms with van der Waals surface area (Å²) in [5.41, 5.74) is 1.46. The van der Waals surface area contributed by atoms with Gasteiger partial charge in [-0.3, -0.25) is 14.5 Å². The first-order valence-corrected chi connectivity index (χ1v) is 11.2. The summed E-state index contributed by atoms with van der Waals surface area (Å²) in [5.74, 6) is 0.753. The first-order valence-electron chi connectivity index (χ1n) is 11.2. The van der Waals surface area contributed by atoms with Crippen molar-refractivity contribution in [2.45, 2.75) is 32.9 Å². The van der Waals surface area contributed by atoms with Crippen molar-refractivity contribution in [3.8, 4) is 5.75 Å². The summed E-state index contributed by atoms with van der Waals surface area (Å²) in [6.45, 7) is 6.38. The van der Waals surface area contributed by atoms with Crippen LogP contribution in [0.3, 0.4) is 0 Å². The van der Waals surface area contributed by atoms with Crippen molar-refractivity contribution in [3.05, 3.63) is 70.1 Å². The van der Waals surface area contributed by atoms with Gasteiger partial charge in [-0.25, -0.2) is 4.68 Å². The Hall–Kier alpha value is -3.19. The number of ether oxygens (including phenoxy) is 1. The van der Waals surface area contributed by atoms with E-state index in [0.29, 0.717) is 36.1 Å². The van der Waals surface area contributed by atoms with E-state index in [2.05, 4.69) is 22.1 Å². The number of nitrogens with zero attached hydrogens (tertiary/aromatic N) is 4. The van der Waals surface area contributed by atoms with E-state index in [-0.39, 0.29) is 11.5 Å². The van der Waals surface area contributed by atoms with E-state index in [1.165, 1.54) is 10.2 Å². The lowest BCUT2D eigenvalue weighted by molar-refractivity contribution is 0.0754. The monoisotopic (exact) mass is 434 g/mol. The molecule has 2 aromatic carbocycles. The molecule has 168 valence electrons. The molecule has 0 saturated carbocycles. The smallest absolute Gasteiger partial charge is 0.274 e. The van der Waals surface area contributed by atoms with Crippen molar-refractivity contribution >= 4 is 16.7 Å². The molecule has 0 unspecified atom stereocenters. The summed E-state index contributed by atoms with van der Waals surface area (Å²) in [6, 6.07) is 15.4. The fourth-order valence-corrected chi connectivity index (χ4v) is 4.23. The Morgan fingerprint density at radius 3 is 2.47 bits per heavy atom. The number of hydrogen-bond donors (Lipinski definition) is 0. The van der Waals surface area contributed by atoms with Gasteiger partial charge >= 0.3 is 0 Å². The fraction of sp³-hybridized carbons (Fsp3) is 0.400. The zero-order valence-corrected chi connectivity index (χ0v) is 18.8. The highest BCUT2D eigenvalue weighted by atomic mass is 16.5. The summed E-state index contributed by atoms with van der Waals surface area (Å²) in [4.78, 5) is 30.5. The molecule has 0 bridgehead atoms. The van der Waals surface area contributed by atoms with Crippen LogP contribution < -0.4 is 10.3 Å². The van der Waals surface area contributed by atoms with Gasteiger partial charge in [-0.1, -0.05) is 37.3 Å². The third kappa shape index (κ3) is 4.67. The molecule has 7 nitrogen and oxygen atoms in total. The number of aryl methyl sites for hydroxylation is 1. The summed E-state index contributed by atoms with van der Waals surface area (Å²) in [5, 5.41) is 5.67. The second-order valence-electron chi connectivity index (χ2n) is 8.19. The molecule has 1 aromatic heterocycles. The Bertz CT molecular complexity index is 1140. The molecule has 1 saturated heterocycles. The normalized spacial score (nSPS) is 15.0. The second kappa shape index (κ2) is 9.96. The van der Waals surface area contributed by atoms with Gasteiger partial charge in [0.2, 0.25) is 0 Å². The van der Waals surface area contributed by atoms with Crippen molar-refractivity contribution in [3.63, 3.8) is 0 Å². The standard InChI is InChI=1S/C25H30N4O3/c1-3-13-29-24(30)22-8-5-4-7-21(22)23(26-29)25(31)28-15-6-14-27(16-17-28)18-19-9-11-20(32-2)12-10-19/h4-5,7-12H,3,6,13-18H2,1-2H3. The van der Waals surface area contributed by atoms with Crippen LogP contribution in [-0.2, 0) is 13.1 Å².